The van der Waals surface area contributed by atoms with E-state index in [0.717, 1.165) is 10.9 Å². The molecular weight excluding hydrogens is 322 g/mol. The molecule has 0 bridgehead atoms. The van der Waals surface area contributed by atoms with Crippen molar-refractivity contribution in [3.63, 3.8) is 0 Å². The smallest absolute Gasteiger partial charge is 0.329 e. The third kappa shape index (κ3) is 4.63. The lowest BCUT2D eigenvalue weighted by atomic mass is 10.4. The van der Waals surface area contributed by atoms with Crippen LogP contribution in [0.3, 0.4) is 0 Å². The highest BCUT2D eigenvalue weighted by atomic mass is 79.9. The zero-order valence-corrected chi connectivity index (χ0v) is 12.1. The van der Waals surface area contributed by atoms with Gasteiger partial charge in [0, 0.05) is 11.0 Å². The van der Waals surface area contributed by atoms with Crippen molar-refractivity contribution < 1.29 is 13.2 Å². The van der Waals surface area contributed by atoms with Crippen LogP contribution in [0.2, 0.25) is 0 Å². The molecule has 6 nitrogen and oxygen atoms in total. The van der Waals surface area contributed by atoms with E-state index in [4.69, 9.17) is 0 Å². The summed E-state index contributed by atoms with van der Waals surface area (Å²) in [5.74, 6) is 0. The van der Waals surface area contributed by atoms with Gasteiger partial charge in [-0.25, -0.2) is 13.2 Å². The van der Waals surface area contributed by atoms with Crippen molar-refractivity contribution in [1.29, 1.82) is 0 Å². The van der Waals surface area contributed by atoms with Gasteiger partial charge in [-0.05, 0) is 30.7 Å². The number of halogens is 1. The number of benzene rings is 1. The summed E-state index contributed by atoms with van der Waals surface area (Å²) in [6.07, 6.45) is 0.771. The van der Waals surface area contributed by atoms with E-state index in [0.29, 0.717) is 6.54 Å². The van der Waals surface area contributed by atoms with Crippen LogP contribution in [0.5, 0.6) is 0 Å². The number of urea groups is 1. The summed E-state index contributed by atoms with van der Waals surface area (Å²) in [7, 11) is -3.74. The van der Waals surface area contributed by atoms with Gasteiger partial charge in [0.25, 0.3) is 10.0 Å². The SMILES string of the molecule is CCCNC(=O)NNS(=O)(=O)c1ccc(Br)cc1. The number of carbonyl (C=O) groups is 1. The lowest BCUT2D eigenvalue weighted by molar-refractivity contribution is 0.239. The Bertz CT molecular complexity index is 502. The van der Waals surface area contributed by atoms with Crippen LogP contribution in [0, 0.1) is 0 Å². The summed E-state index contributed by atoms with van der Waals surface area (Å²) in [5.41, 5.74) is 2.07. The highest BCUT2D eigenvalue weighted by Crippen LogP contribution is 2.13. The maximum Gasteiger partial charge on any atom is 0.329 e. The Morgan fingerprint density at radius 1 is 1.28 bits per heavy atom. The molecule has 0 saturated carbocycles. The molecule has 0 aliphatic carbocycles. The van der Waals surface area contributed by atoms with Gasteiger partial charge < -0.3 is 5.32 Å². The molecule has 0 fully saturated rings. The van der Waals surface area contributed by atoms with Crippen LogP contribution in [0.15, 0.2) is 33.6 Å². The number of hydrazine groups is 1. The minimum absolute atomic E-state index is 0.0708. The standard InChI is InChI=1S/C10H14BrN3O3S/c1-2-7-12-10(15)13-14-18(16,17)9-5-3-8(11)4-6-9/h3-6,14H,2,7H2,1H3,(H2,12,13,15). The topological polar surface area (TPSA) is 87.3 Å². The Morgan fingerprint density at radius 2 is 1.89 bits per heavy atom. The van der Waals surface area contributed by atoms with Crippen molar-refractivity contribution in [2.45, 2.75) is 18.2 Å². The van der Waals surface area contributed by atoms with Gasteiger partial charge in [0.15, 0.2) is 0 Å². The minimum atomic E-state index is -3.74. The second-order valence-corrected chi connectivity index (χ2v) is 6.04. The first kappa shape index (κ1) is 14.9. The fourth-order valence-corrected chi connectivity index (χ4v) is 2.17. The van der Waals surface area contributed by atoms with Crippen molar-refractivity contribution in [2.75, 3.05) is 6.54 Å². The number of amides is 2. The molecule has 3 N–H and O–H groups in total. The predicted molar refractivity (Wildman–Crippen MR) is 71.3 cm³/mol. The fraction of sp³-hybridized carbons (Fsp3) is 0.300. The predicted octanol–water partition coefficient (Wildman–Crippen LogP) is 1.35. The molecule has 0 spiro atoms. The molecule has 0 aliphatic heterocycles. The first-order chi connectivity index (χ1) is 8.45. The first-order valence-corrected chi connectivity index (χ1v) is 7.54. The molecule has 0 unspecified atom stereocenters. The van der Waals surface area contributed by atoms with Crippen molar-refractivity contribution in [2.24, 2.45) is 0 Å². The molecule has 0 aromatic heterocycles. The van der Waals surface area contributed by atoms with Crippen LogP contribution < -0.4 is 15.6 Å². The molecule has 1 aromatic carbocycles. The second kappa shape index (κ2) is 6.72. The van der Waals surface area contributed by atoms with E-state index in [2.05, 4.69) is 26.7 Å². The maximum atomic E-state index is 11.8. The molecule has 1 aromatic rings. The number of hydrogen-bond acceptors (Lipinski definition) is 3. The number of carbonyl (C=O) groups excluding carboxylic acids is 1. The molecule has 0 saturated heterocycles. The Kier molecular flexibility index (Phi) is 5.57. The summed E-state index contributed by atoms with van der Waals surface area (Å²) in [5, 5.41) is 2.48. The Hall–Kier alpha value is -1.12. The Balaban J connectivity index is 2.60. The van der Waals surface area contributed by atoms with Gasteiger partial charge in [-0.2, -0.15) is 0 Å². The summed E-state index contributed by atoms with van der Waals surface area (Å²) in [4.78, 5) is 13.2. The van der Waals surface area contributed by atoms with Crippen LogP contribution >= 0.6 is 15.9 Å². The Morgan fingerprint density at radius 3 is 2.44 bits per heavy atom. The van der Waals surface area contributed by atoms with Crippen LogP contribution in [-0.2, 0) is 10.0 Å². The van der Waals surface area contributed by atoms with E-state index in [1.807, 2.05) is 11.8 Å². The van der Waals surface area contributed by atoms with Crippen LogP contribution in [0.4, 0.5) is 4.79 Å². The van der Waals surface area contributed by atoms with E-state index in [-0.39, 0.29) is 4.90 Å². The number of nitrogens with one attached hydrogen (secondary N) is 3. The normalized spacial score (nSPS) is 11.0. The molecule has 0 atom stereocenters. The van der Waals surface area contributed by atoms with Crippen molar-refractivity contribution >= 4 is 32.0 Å². The van der Waals surface area contributed by atoms with Gasteiger partial charge in [0.1, 0.15) is 0 Å². The highest BCUT2D eigenvalue weighted by Gasteiger charge is 2.14. The molecule has 0 heterocycles. The van der Waals surface area contributed by atoms with Gasteiger partial charge >= 0.3 is 6.03 Å². The maximum absolute atomic E-state index is 11.8. The monoisotopic (exact) mass is 335 g/mol. The van der Waals surface area contributed by atoms with E-state index >= 15 is 0 Å². The zero-order chi connectivity index (χ0) is 13.6. The highest BCUT2D eigenvalue weighted by molar-refractivity contribution is 9.10. The van der Waals surface area contributed by atoms with E-state index < -0.39 is 16.1 Å². The summed E-state index contributed by atoms with van der Waals surface area (Å²) in [6, 6.07) is 5.48. The third-order valence-electron chi connectivity index (χ3n) is 1.96. The number of hydrogen-bond donors (Lipinski definition) is 3. The van der Waals surface area contributed by atoms with Crippen molar-refractivity contribution in [3.05, 3.63) is 28.7 Å². The van der Waals surface area contributed by atoms with Gasteiger partial charge in [-0.3, -0.25) is 5.43 Å². The summed E-state index contributed by atoms with van der Waals surface area (Å²) in [6.45, 7) is 2.37. The van der Waals surface area contributed by atoms with E-state index in [1.54, 1.807) is 12.1 Å². The fourth-order valence-electron chi connectivity index (χ4n) is 1.07. The average molecular weight is 336 g/mol. The van der Waals surface area contributed by atoms with Gasteiger partial charge in [-0.1, -0.05) is 22.9 Å². The molecular formula is C10H14BrN3O3S. The lowest BCUT2D eigenvalue weighted by Crippen LogP contribution is -2.46. The lowest BCUT2D eigenvalue weighted by Gasteiger charge is -2.09. The molecule has 1 rings (SSSR count). The summed E-state index contributed by atoms with van der Waals surface area (Å²) >= 11 is 3.21. The first-order valence-electron chi connectivity index (χ1n) is 5.27. The minimum Gasteiger partial charge on any atom is -0.337 e. The van der Waals surface area contributed by atoms with Crippen molar-refractivity contribution in [3.8, 4) is 0 Å². The Labute approximate surface area is 114 Å². The van der Waals surface area contributed by atoms with Gasteiger partial charge in [0.2, 0.25) is 0 Å². The van der Waals surface area contributed by atoms with E-state index in [1.165, 1.54) is 12.1 Å². The number of sulfonamides is 1. The zero-order valence-electron chi connectivity index (χ0n) is 9.73. The number of rotatable bonds is 5. The average Bonchev–Trinajstić information content (AvgIpc) is 2.34. The van der Waals surface area contributed by atoms with Crippen LogP contribution in [-0.4, -0.2) is 21.0 Å². The molecule has 18 heavy (non-hydrogen) atoms. The van der Waals surface area contributed by atoms with Crippen LogP contribution in [0.25, 0.3) is 0 Å². The molecule has 100 valence electrons. The summed E-state index contributed by atoms with van der Waals surface area (Å²) < 4.78 is 24.3. The van der Waals surface area contributed by atoms with Gasteiger partial charge in [-0.15, -0.1) is 4.83 Å². The third-order valence-corrected chi connectivity index (χ3v) is 3.75. The molecule has 0 aliphatic rings. The van der Waals surface area contributed by atoms with Crippen molar-refractivity contribution in [1.82, 2.24) is 15.6 Å². The van der Waals surface area contributed by atoms with Gasteiger partial charge in [0.05, 0.1) is 4.90 Å². The molecule has 8 heteroatoms. The molecule has 2 amide bonds. The van der Waals surface area contributed by atoms with Crippen LogP contribution in [0.1, 0.15) is 13.3 Å². The second-order valence-electron chi connectivity index (χ2n) is 3.44. The van der Waals surface area contributed by atoms with E-state index in [9.17, 15) is 13.2 Å². The quantitative estimate of drug-likeness (QED) is 0.710. The molecule has 0 radical (unpaired) electrons. The largest absolute Gasteiger partial charge is 0.337 e.